The average molecular weight is 248 g/mol. The number of hydrogen-bond acceptors (Lipinski definition) is 4. The number of anilines is 1. The first-order chi connectivity index (χ1) is 8.47. The van der Waals surface area contributed by atoms with Crippen molar-refractivity contribution in [2.75, 3.05) is 5.32 Å². The fourth-order valence-corrected chi connectivity index (χ4v) is 1.52. The Hall–Kier alpha value is -2.18. The minimum atomic E-state index is -0.231. The molecular formula is C11H16N6O. The topological polar surface area (TPSA) is 77.6 Å². The molecule has 18 heavy (non-hydrogen) atoms. The molecule has 0 unspecified atom stereocenters. The van der Waals surface area contributed by atoms with Gasteiger partial charge in [0.25, 0.3) is 0 Å². The molecule has 0 saturated carbocycles. The Bertz CT molecular complexity index is 522. The summed E-state index contributed by atoms with van der Waals surface area (Å²) in [7, 11) is 0. The third-order valence-corrected chi connectivity index (χ3v) is 2.30. The molecule has 0 spiro atoms. The van der Waals surface area contributed by atoms with E-state index in [1.807, 2.05) is 20.8 Å². The van der Waals surface area contributed by atoms with E-state index in [1.165, 1.54) is 6.33 Å². The molecule has 7 nitrogen and oxygen atoms in total. The molecule has 0 aliphatic carbocycles. The van der Waals surface area contributed by atoms with Gasteiger partial charge in [0.15, 0.2) is 0 Å². The molecule has 2 heterocycles. The molecule has 7 heteroatoms. The molecule has 2 rings (SSSR count). The molecule has 0 bridgehead atoms. The number of amides is 1. The maximum atomic E-state index is 11.8. The number of carbonyl (C=O) groups is 1. The van der Waals surface area contributed by atoms with Crippen LogP contribution in [0.4, 0.5) is 5.95 Å². The molecule has 0 fully saturated rings. The van der Waals surface area contributed by atoms with E-state index in [-0.39, 0.29) is 18.0 Å². The van der Waals surface area contributed by atoms with Crippen LogP contribution in [-0.2, 0) is 16.9 Å². The van der Waals surface area contributed by atoms with Crippen molar-refractivity contribution in [3.8, 4) is 0 Å². The fourth-order valence-electron chi connectivity index (χ4n) is 1.52. The summed E-state index contributed by atoms with van der Waals surface area (Å²) >= 11 is 0. The SMILES string of the molecule is CC(C)(C)n1ncnc1NC(=O)Cn1cccn1. The van der Waals surface area contributed by atoms with E-state index in [1.54, 1.807) is 27.8 Å². The van der Waals surface area contributed by atoms with Gasteiger partial charge in [-0.1, -0.05) is 0 Å². The van der Waals surface area contributed by atoms with Gasteiger partial charge in [-0.3, -0.25) is 14.8 Å². The van der Waals surface area contributed by atoms with Crippen LogP contribution in [0.25, 0.3) is 0 Å². The molecule has 0 saturated heterocycles. The lowest BCUT2D eigenvalue weighted by atomic mass is 10.1. The van der Waals surface area contributed by atoms with Gasteiger partial charge in [-0.15, -0.1) is 0 Å². The zero-order chi connectivity index (χ0) is 13.2. The van der Waals surface area contributed by atoms with E-state index in [0.29, 0.717) is 5.95 Å². The van der Waals surface area contributed by atoms with Gasteiger partial charge in [0.05, 0.1) is 5.54 Å². The Morgan fingerprint density at radius 1 is 1.39 bits per heavy atom. The number of aromatic nitrogens is 5. The first-order valence-corrected chi connectivity index (χ1v) is 5.64. The Morgan fingerprint density at radius 2 is 2.17 bits per heavy atom. The highest BCUT2D eigenvalue weighted by Crippen LogP contribution is 2.16. The predicted molar refractivity (Wildman–Crippen MR) is 65.9 cm³/mol. The highest BCUT2D eigenvalue weighted by molar-refractivity contribution is 5.88. The third kappa shape index (κ3) is 2.73. The van der Waals surface area contributed by atoms with Crippen LogP contribution in [0.15, 0.2) is 24.8 Å². The lowest BCUT2D eigenvalue weighted by Gasteiger charge is -2.20. The number of nitrogens with one attached hydrogen (secondary N) is 1. The summed E-state index contributed by atoms with van der Waals surface area (Å²) in [4.78, 5) is 15.8. The van der Waals surface area contributed by atoms with E-state index < -0.39 is 0 Å². The van der Waals surface area contributed by atoms with Crippen molar-refractivity contribution < 1.29 is 4.79 Å². The maximum Gasteiger partial charge on any atom is 0.248 e. The Balaban J connectivity index is 2.06. The summed E-state index contributed by atoms with van der Waals surface area (Å²) < 4.78 is 3.22. The number of hydrogen-bond donors (Lipinski definition) is 1. The van der Waals surface area contributed by atoms with Crippen LogP contribution < -0.4 is 5.32 Å². The smallest absolute Gasteiger partial charge is 0.248 e. The molecule has 2 aromatic rings. The van der Waals surface area contributed by atoms with Crippen LogP contribution in [0.5, 0.6) is 0 Å². The van der Waals surface area contributed by atoms with E-state index in [4.69, 9.17) is 0 Å². The predicted octanol–water partition coefficient (Wildman–Crippen LogP) is 0.868. The Labute approximate surface area is 105 Å². The van der Waals surface area contributed by atoms with Gasteiger partial charge in [-0.05, 0) is 26.8 Å². The number of rotatable bonds is 3. The monoisotopic (exact) mass is 248 g/mol. The van der Waals surface area contributed by atoms with Gasteiger partial charge in [-0.2, -0.15) is 15.2 Å². The minimum Gasteiger partial charge on any atom is -0.293 e. The highest BCUT2D eigenvalue weighted by Gasteiger charge is 2.19. The third-order valence-electron chi connectivity index (χ3n) is 2.30. The Kier molecular flexibility index (Phi) is 3.14. The van der Waals surface area contributed by atoms with Crippen LogP contribution in [0.3, 0.4) is 0 Å². The van der Waals surface area contributed by atoms with Gasteiger partial charge in [0, 0.05) is 12.4 Å². The van der Waals surface area contributed by atoms with Crippen LogP contribution in [0.2, 0.25) is 0 Å². The quantitative estimate of drug-likeness (QED) is 0.874. The molecule has 0 atom stereocenters. The van der Waals surface area contributed by atoms with Crippen molar-refractivity contribution in [2.24, 2.45) is 0 Å². The van der Waals surface area contributed by atoms with Gasteiger partial charge >= 0.3 is 0 Å². The summed E-state index contributed by atoms with van der Waals surface area (Å²) in [6.45, 7) is 6.13. The van der Waals surface area contributed by atoms with E-state index in [0.717, 1.165) is 0 Å². The zero-order valence-corrected chi connectivity index (χ0v) is 10.7. The second-order valence-electron chi connectivity index (χ2n) is 4.92. The average Bonchev–Trinajstić information content (AvgIpc) is 2.87. The van der Waals surface area contributed by atoms with Gasteiger partial charge < -0.3 is 0 Å². The van der Waals surface area contributed by atoms with Gasteiger partial charge in [0.1, 0.15) is 12.9 Å². The molecule has 96 valence electrons. The molecule has 0 radical (unpaired) electrons. The highest BCUT2D eigenvalue weighted by atomic mass is 16.2. The fraction of sp³-hybridized carbons (Fsp3) is 0.455. The van der Waals surface area contributed by atoms with Crippen LogP contribution >= 0.6 is 0 Å². The second-order valence-corrected chi connectivity index (χ2v) is 4.92. The van der Waals surface area contributed by atoms with Crippen LogP contribution in [0, 0.1) is 0 Å². The number of carbonyl (C=O) groups excluding carboxylic acids is 1. The molecule has 0 aliphatic rings. The van der Waals surface area contributed by atoms with Crippen LogP contribution in [0.1, 0.15) is 20.8 Å². The molecule has 0 aromatic carbocycles. The van der Waals surface area contributed by atoms with Crippen molar-refractivity contribution in [1.82, 2.24) is 24.5 Å². The lowest BCUT2D eigenvalue weighted by Crippen LogP contribution is -2.28. The molecule has 1 N–H and O–H groups in total. The summed E-state index contributed by atoms with van der Waals surface area (Å²) in [6.07, 6.45) is 4.79. The van der Waals surface area contributed by atoms with Crippen molar-refractivity contribution in [2.45, 2.75) is 32.9 Å². The van der Waals surface area contributed by atoms with Crippen molar-refractivity contribution in [1.29, 1.82) is 0 Å². The van der Waals surface area contributed by atoms with Crippen molar-refractivity contribution in [3.63, 3.8) is 0 Å². The standard InChI is InChI=1S/C11H16N6O/c1-11(2,3)17-10(12-8-14-17)15-9(18)7-16-6-4-5-13-16/h4-6,8H,7H2,1-3H3,(H,12,14,15,18). The normalized spacial score (nSPS) is 11.5. The molecular weight excluding hydrogens is 232 g/mol. The first-order valence-electron chi connectivity index (χ1n) is 5.64. The van der Waals surface area contributed by atoms with Gasteiger partial charge in [0.2, 0.25) is 11.9 Å². The van der Waals surface area contributed by atoms with Crippen molar-refractivity contribution >= 4 is 11.9 Å². The summed E-state index contributed by atoms with van der Waals surface area (Å²) in [5, 5.41) is 10.8. The lowest BCUT2D eigenvalue weighted by molar-refractivity contribution is -0.117. The summed E-state index contributed by atoms with van der Waals surface area (Å²) in [5.74, 6) is 0.261. The minimum absolute atomic E-state index is 0.157. The largest absolute Gasteiger partial charge is 0.293 e. The maximum absolute atomic E-state index is 11.8. The van der Waals surface area contributed by atoms with Gasteiger partial charge in [-0.25, -0.2) is 4.68 Å². The van der Waals surface area contributed by atoms with E-state index in [2.05, 4.69) is 20.5 Å². The zero-order valence-electron chi connectivity index (χ0n) is 10.7. The summed E-state index contributed by atoms with van der Waals surface area (Å²) in [6, 6.07) is 1.77. The molecule has 2 aromatic heterocycles. The molecule has 1 amide bonds. The molecule has 0 aliphatic heterocycles. The number of nitrogens with zero attached hydrogens (tertiary/aromatic N) is 5. The summed E-state index contributed by atoms with van der Waals surface area (Å²) in [5.41, 5.74) is -0.231. The van der Waals surface area contributed by atoms with E-state index >= 15 is 0 Å². The van der Waals surface area contributed by atoms with Crippen LogP contribution in [-0.4, -0.2) is 30.5 Å². The van der Waals surface area contributed by atoms with Crippen molar-refractivity contribution in [3.05, 3.63) is 24.8 Å². The van der Waals surface area contributed by atoms with E-state index in [9.17, 15) is 4.79 Å². The first kappa shape index (κ1) is 12.3. The Morgan fingerprint density at radius 3 is 2.78 bits per heavy atom. The second kappa shape index (κ2) is 4.59.